The first-order valence-electron chi connectivity index (χ1n) is 9.48. The number of fused-ring (bicyclic) bond motifs is 1. The maximum Gasteiger partial charge on any atom is 0.276 e. The van der Waals surface area contributed by atoms with E-state index in [0.717, 1.165) is 0 Å². The van der Waals surface area contributed by atoms with Gasteiger partial charge in [0.05, 0.1) is 24.1 Å². The van der Waals surface area contributed by atoms with Gasteiger partial charge in [0.2, 0.25) is 11.7 Å². The van der Waals surface area contributed by atoms with Crippen LogP contribution in [-0.2, 0) is 5.75 Å². The summed E-state index contributed by atoms with van der Waals surface area (Å²) in [6, 6.07) is 14.9. The van der Waals surface area contributed by atoms with Crippen LogP contribution >= 0.6 is 23.1 Å². The Labute approximate surface area is 189 Å². The summed E-state index contributed by atoms with van der Waals surface area (Å²) in [5, 5.41) is 6.32. The summed E-state index contributed by atoms with van der Waals surface area (Å²) in [6.45, 7) is 0. The van der Waals surface area contributed by atoms with Crippen LogP contribution in [0.15, 0.2) is 74.5 Å². The number of nitrogens with zero attached hydrogens (tertiary/aromatic N) is 4. The maximum atomic E-state index is 13.2. The molecule has 0 atom stereocenters. The Kier molecular flexibility index (Phi) is 5.46. The predicted molar refractivity (Wildman–Crippen MR) is 121 cm³/mol. The van der Waals surface area contributed by atoms with Gasteiger partial charge >= 0.3 is 0 Å². The molecule has 0 saturated carbocycles. The van der Waals surface area contributed by atoms with Gasteiger partial charge in [0.25, 0.3) is 5.56 Å². The van der Waals surface area contributed by atoms with Crippen molar-refractivity contribution in [2.45, 2.75) is 10.9 Å². The van der Waals surface area contributed by atoms with Crippen LogP contribution in [0.2, 0.25) is 0 Å². The monoisotopic (exact) mass is 466 g/mol. The van der Waals surface area contributed by atoms with Gasteiger partial charge in [-0.2, -0.15) is 4.98 Å². The normalized spacial score (nSPS) is 11.2. The molecule has 5 aromatic rings. The molecule has 2 aromatic carbocycles. The Morgan fingerprint density at radius 1 is 1.09 bits per heavy atom. The van der Waals surface area contributed by atoms with Crippen molar-refractivity contribution >= 4 is 33.3 Å². The first-order chi connectivity index (χ1) is 15.6. The summed E-state index contributed by atoms with van der Waals surface area (Å²) < 4.78 is 25.9. The Hall–Kier alpha value is -3.50. The highest BCUT2D eigenvalue weighted by atomic mass is 32.2. The molecule has 32 heavy (non-hydrogen) atoms. The minimum Gasteiger partial charge on any atom is -0.497 e. The number of hydrogen-bond acceptors (Lipinski definition) is 8. The van der Waals surface area contributed by atoms with Gasteiger partial charge in [-0.1, -0.05) is 16.9 Å². The van der Waals surface area contributed by atoms with Crippen molar-refractivity contribution in [1.29, 1.82) is 0 Å². The van der Waals surface area contributed by atoms with E-state index in [1.165, 1.54) is 35.2 Å². The average molecular weight is 467 g/mol. The topological polar surface area (TPSA) is 83.0 Å². The van der Waals surface area contributed by atoms with E-state index in [4.69, 9.17) is 9.26 Å². The molecule has 0 N–H and O–H groups in total. The van der Waals surface area contributed by atoms with Crippen molar-refractivity contribution in [2.75, 3.05) is 7.11 Å². The molecule has 3 aromatic heterocycles. The fraction of sp³-hybridized carbons (Fsp3) is 0.0909. The van der Waals surface area contributed by atoms with E-state index in [9.17, 15) is 9.18 Å². The third-order valence-corrected chi connectivity index (χ3v) is 6.49. The largest absolute Gasteiger partial charge is 0.497 e. The van der Waals surface area contributed by atoms with Gasteiger partial charge in [-0.05, 0) is 60.0 Å². The highest BCUT2D eigenvalue weighted by Gasteiger charge is 2.16. The van der Waals surface area contributed by atoms with Gasteiger partial charge in [0, 0.05) is 5.56 Å². The van der Waals surface area contributed by atoms with Gasteiger partial charge in [0.1, 0.15) is 16.3 Å². The Morgan fingerprint density at radius 2 is 1.88 bits per heavy atom. The summed E-state index contributed by atoms with van der Waals surface area (Å²) >= 11 is 2.68. The smallest absolute Gasteiger partial charge is 0.276 e. The molecule has 0 saturated heterocycles. The number of aromatic nitrogens is 4. The van der Waals surface area contributed by atoms with Crippen molar-refractivity contribution in [3.63, 3.8) is 0 Å². The summed E-state index contributed by atoms with van der Waals surface area (Å²) in [5.74, 6) is 1.41. The number of hydrogen-bond donors (Lipinski definition) is 0. The van der Waals surface area contributed by atoms with Crippen LogP contribution in [0.4, 0.5) is 4.39 Å². The molecule has 0 aliphatic carbocycles. The molecule has 5 rings (SSSR count). The average Bonchev–Trinajstić information content (AvgIpc) is 3.48. The number of rotatable bonds is 6. The van der Waals surface area contributed by atoms with Crippen LogP contribution in [-0.4, -0.2) is 26.8 Å². The fourth-order valence-electron chi connectivity index (χ4n) is 3.10. The van der Waals surface area contributed by atoms with E-state index in [-0.39, 0.29) is 11.4 Å². The highest BCUT2D eigenvalue weighted by molar-refractivity contribution is 7.98. The number of halogens is 1. The van der Waals surface area contributed by atoms with Crippen LogP contribution in [0.1, 0.15) is 5.89 Å². The minimum atomic E-state index is -0.334. The lowest BCUT2D eigenvalue weighted by atomic mass is 10.2. The molecule has 3 heterocycles. The van der Waals surface area contributed by atoms with Crippen molar-refractivity contribution < 1.29 is 13.7 Å². The fourth-order valence-corrected chi connectivity index (χ4v) is 4.71. The van der Waals surface area contributed by atoms with Gasteiger partial charge in [-0.3, -0.25) is 9.36 Å². The summed E-state index contributed by atoms with van der Waals surface area (Å²) in [4.78, 5) is 22.3. The lowest BCUT2D eigenvalue weighted by Crippen LogP contribution is -2.20. The summed E-state index contributed by atoms with van der Waals surface area (Å²) in [7, 11) is 1.59. The van der Waals surface area contributed by atoms with Crippen LogP contribution in [0.25, 0.3) is 27.3 Å². The molecule has 0 amide bonds. The number of thioether (sulfide) groups is 1. The van der Waals surface area contributed by atoms with Gasteiger partial charge in [-0.15, -0.1) is 11.3 Å². The van der Waals surface area contributed by atoms with Crippen LogP contribution < -0.4 is 10.3 Å². The number of ether oxygens (including phenoxy) is 1. The number of thiophene rings is 1. The summed E-state index contributed by atoms with van der Waals surface area (Å²) in [5.41, 5.74) is 1.83. The standard InChI is InChI=1S/C22H15FN4O3S2/c1-29-16-8-6-15(7-9-16)27-21(28)19-17(10-11-31-19)24-22(27)32-12-18-25-20(26-30-18)13-2-4-14(23)5-3-13/h2-11H,12H2,1H3. The Bertz CT molecular complexity index is 1440. The zero-order valence-electron chi connectivity index (χ0n) is 16.7. The molecular weight excluding hydrogens is 451 g/mol. The molecule has 7 nitrogen and oxygen atoms in total. The van der Waals surface area contributed by atoms with Gasteiger partial charge in [0.15, 0.2) is 5.16 Å². The van der Waals surface area contributed by atoms with E-state index in [0.29, 0.717) is 49.8 Å². The van der Waals surface area contributed by atoms with Crippen molar-refractivity contribution in [3.8, 4) is 22.8 Å². The Balaban J connectivity index is 1.47. The van der Waals surface area contributed by atoms with E-state index in [2.05, 4.69) is 15.1 Å². The zero-order chi connectivity index (χ0) is 22.1. The second kappa shape index (κ2) is 8.56. The quantitative estimate of drug-likeness (QED) is 0.259. The van der Waals surface area contributed by atoms with Crippen LogP contribution in [0.3, 0.4) is 0 Å². The van der Waals surface area contributed by atoms with Crippen molar-refractivity contribution in [1.82, 2.24) is 19.7 Å². The molecule has 0 unspecified atom stereocenters. The van der Waals surface area contributed by atoms with Crippen LogP contribution in [0.5, 0.6) is 5.75 Å². The zero-order valence-corrected chi connectivity index (χ0v) is 18.3. The van der Waals surface area contributed by atoms with E-state index >= 15 is 0 Å². The predicted octanol–water partition coefficient (Wildman–Crippen LogP) is 4.94. The lowest BCUT2D eigenvalue weighted by Gasteiger charge is -2.12. The molecule has 0 aliphatic heterocycles. The lowest BCUT2D eigenvalue weighted by molar-refractivity contribution is 0.391. The molecule has 0 bridgehead atoms. The van der Waals surface area contributed by atoms with E-state index < -0.39 is 0 Å². The number of methoxy groups -OCH3 is 1. The summed E-state index contributed by atoms with van der Waals surface area (Å²) in [6.07, 6.45) is 0. The maximum absolute atomic E-state index is 13.2. The SMILES string of the molecule is COc1ccc(-n2c(SCc3nc(-c4ccc(F)cc4)no3)nc3ccsc3c2=O)cc1. The number of benzene rings is 2. The second-order valence-electron chi connectivity index (χ2n) is 6.68. The third kappa shape index (κ3) is 3.90. The van der Waals surface area contributed by atoms with Crippen molar-refractivity contribution in [2.24, 2.45) is 0 Å². The first-order valence-corrected chi connectivity index (χ1v) is 11.3. The first kappa shape index (κ1) is 20.4. The second-order valence-corrected chi connectivity index (χ2v) is 8.53. The molecule has 10 heteroatoms. The molecule has 0 spiro atoms. The van der Waals surface area contributed by atoms with Gasteiger partial charge in [-0.25, -0.2) is 9.37 Å². The van der Waals surface area contributed by atoms with Gasteiger partial charge < -0.3 is 9.26 Å². The molecule has 0 radical (unpaired) electrons. The molecular formula is C22H15FN4O3S2. The molecule has 160 valence electrons. The molecule has 0 fully saturated rings. The Morgan fingerprint density at radius 3 is 2.62 bits per heavy atom. The minimum absolute atomic E-state index is 0.143. The van der Waals surface area contributed by atoms with E-state index in [1.807, 2.05) is 23.6 Å². The van der Waals surface area contributed by atoms with Crippen LogP contribution in [0, 0.1) is 5.82 Å². The third-order valence-electron chi connectivity index (χ3n) is 4.68. The van der Waals surface area contributed by atoms with E-state index in [1.54, 1.807) is 35.9 Å². The van der Waals surface area contributed by atoms with Crippen molar-refractivity contribution in [3.05, 3.63) is 82.0 Å². The highest BCUT2D eigenvalue weighted by Crippen LogP contribution is 2.27. The molecule has 0 aliphatic rings.